The van der Waals surface area contributed by atoms with Crippen molar-refractivity contribution in [3.8, 4) is 0 Å². The third-order valence-electron chi connectivity index (χ3n) is 2.19. The molecular weight excluding hydrogens is 240 g/mol. The number of nitrogens with zero attached hydrogens (tertiary/aromatic N) is 1. The summed E-state index contributed by atoms with van der Waals surface area (Å²) in [6.07, 6.45) is 0. The van der Waals surface area contributed by atoms with Crippen molar-refractivity contribution in [3.05, 3.63) is 40.1 Å². The number of hydrogen-bond donors (Lipinski definition) is 1. The Morgan fingerprint density at radius 1 is 1.36 bits per heavy atom. The largest absolute Gasteiger partial charge is 0.325 e. The van der Waals surface area contributed by atoms with Gasteiger partial charge in [0, 0.05) is 22.1 Å². The third kappa shape index (κ3) is 1.65. The second kappa shape index (κ2) is 3.67. The molecule has 0 saturated heterocycles. The van der Waals surface area contributed by atoms with Crippen LogP contribution in [0.15, 0.2) is 28.7 Å². The van der Waals surface area contributed by atoms with E-state index in [4.69, 9.17) is 5.73 Å². The first kappa shape index (κ1) is 9.62. The lowest BCUT2D eigenvalue weighted by Crippen LogP contribution is -2.01. The molecule has 2 rings (SSSR count). The molecule has 0 spiro atoms. The molecule has 0 aliphatic carbocycles. The minimum Gasteiger partial charge on any atom is -0.325 e. The van der Waals surface area contributed by atoms with Crippen LogP contribution in [0.1, 0.15) is 11.4 Å². The molecule has 1 aromatic heterocycles. The zero-order valence-corrected chi connectivity index (χ0v) is 9.51. The Kier molecular flexibility index (Phi) is 2.52. The van der Waals surface area contributed by atoms with Crippen LogP contribution >= 0.6 is 15.9 Å². The van der Waals surface area contributed by atoms with Crippen molar-refractivity contribution in [3.63, 3.8) is 0 Å². The molecule has 0 fully saturated rings. The Labute approximate surface area is 91.3 Å². The molecule has 0 atom stereocenters. The van der Waals surface area contributed by atoms with Gasteiger partial charge in [-0.2, -0.15) is 0 Å². The maximum atomic E-state index is 5.65. The van der Waals surface area contributed by atoms with Crippen molar-refractivity contribution in [2.24, 2.45) is 5.73 Å². The van der Waals surface area contributed by atoms with E-state index < -0.39 is 0 Å². The van der Waals surface area contributed by atoms with Crippen LogP contribution in [0.2, 0.25) is 0 Å². The highest BCUT2D eigenvalue weighted by Gasteiger charge is 2.02. The molecule has 0 radical (unpaired) electrons. The summed E-state index contributed by atoms with van der Waals surface area (Å²) in [4.78, 5) is 4.41. The number of nitrogens with two attached hydrogens (primary N) is 1. The third-order valence-corrected chi connectivity index (χ3v) is 2.69. The van der Waals surface area contributed by atoms with E-state index in [1.165, 1.54) is 5.39 Å². The average Bonchev–Trinajstić information content (AvgIpc) is 2.15. The number of aromatic nitrogens is 1. The Morgan fingerprint density at radius 2 is 2.14 bits per heavy atom. The number of pyridine rings is 1. The molecule has 0 unspecified atom stereocenters. The monoisotopic (exact) mass is 250 g/mol. The van der Waals surface area contributed by atoms with Gasteiger partial charge in [0.25, 0.3) is 0 Å². The van der Waals surface area contributed by atoms with Crippen molar-refractivity contribution < 1.29 is 0 Å². The van der Waals surface area contributed by atoms with E-state index in [1.807, 2.05) is 19.1 Å². The molecule has 0 saturated carbocycles. The molecule has 2 N–H and O–H groups in total. The van der Waals surface area contributed by atoms with Crippen LogP contribution in [0.25, 0.3) is 10.8 Å². The van der Waals surface area contributed by atoms with Gasteiger partial charge in [0.1, 0.15) is 0 Å². The van der Waals surface area contributed by atoms with Gasteiger partial charge in [-0.1, -0.05) is 22.0 Å². The van der Waals surface area contributed by atoms with E-state index in [2.05, 4.69) is 33.0 Å². The summed E-state index contributed by atoms with van der Waals surface area (Å²) in [6.45, 7) is 2.47. The van der Waals surface area contributed by atoms with Gasteiger partial charge in [0.05, 0.1) is 5.69 Å². The molecule has 14 heavy (non-hydrogen) atoms. The highest BCUT2D eigenvalue weighted by Crippen LogP contribution is 2.22. The van der Waals surface area contributed by atoms with Gasteiger partial charge in [-0.25, -0.2) is 0 Å². The van der Waals surface area contributed by atoms with Crippen LogP contribution in [-0.4, -0.2) is 4.98 Å². The number of halogens is 1. The van der Waals surface area contributed by atoms with Gasteiger partial charge < -0.3 is 5.73 Å². The van der Waals surface area contributed by atoms with Gasteiger partial charge in [-0.3, -0.25) is 4.98 Å². The van der Waals surface area contributed by atoms with Gasteiger partial charge in [-0.15, -0.1) is 0 Å². The molecule has 3 heteroatoms. The van der Waals surface area contributed by atoms with Crippen LogP contribution in [0.5, 0.6) is 0 Å². The SMILES string of the molecule is Cc1cc2cc(Br)ccc2c(CN)n1. The lowest BCUT2D eigenvalue weighted by Gasteiger charge is -2.05. The first-order valence-electron chi connectivity index (χ1n) is 4.46. The van der Waals surface area contributed by atoms with E-state index in [0.29, 0.717) is 6.54 Å². The molecule has 72 valence electrons. The second-order valence-electron chi connectivity index (χ2n) is 3.28. The fourth-order valence-corrected chi connectivity index (χ4v) is 1.98. The second-order valence-corrected chi connectivity index (χ2v) is 4.20. The van der Waals surface area contributed by atoms with E-state index in [9.17, 15) is 0 Å². The van der Waals surface area contributed by atoms with Crippen molar-refractivity contribution in [1.29, 1.82) is 0 Å². The van der Waals surface area contributed by atoms with E-state index in [-0.39, 0.29) is 0 Å². The predicted octanol–water partition coefficient (Wildman–Crippen LogP) is 2.76. The van der Waals surface area contributed by atoms with Crippen molar-refractivity contribution in [2.75, 3.05) is 0 Å². The Bertz CT molecular complexity index is 475. The topological polar surface area (TPSA) is 38.9 Å². The zero-order chi connectivity index (χ0) is 10.1. The van der Waals surface area contributed by atoms with Crippen LogP contribution in [-0.2, 0) is 6.54 Å². The van der Waals surface area contributed by atoms with Crippen molar-refractivity contribution >= 4 is 26.7 Å². The number of hydrogen-bond acceptors (Lipinski definition) is 2. The molecule has 0 bridgehead atoms. The number of rotatable bonds is 1. The molecule has 1 heterocycles. The van der Waals surface area contributed by atoms with Gasteiger partial charge >= 0.3 is 0 Å². The highest BCUT2D eigenvalue weighted by molar-refractivity contribution is 9.10. The van der Waals surface area contributed by atoms with Crippen LogP contribution in [0.3, 0.4) is 0 Å². The summed E-state index contributed by atoms with van der Waals surface area (Å²) in [5.74, 6) is 0. The lowest BCUT2D eigenvalue weighted by molar-refractivity contribution is 0.988. The smallest absolute Gasteiger partial charge is 0.0620 e. The highest BCUT2D eigenvalue weighted by atomic mass is 79.9. The fourth-order valence-electron chi connectivity index (χ4n) is 1.60. The Balaban J connectivity index is 2.81. The summed E-state index contributed by atoms with van der Waals surface area (Å²) in [7, 11) is 0. The summed E-state index contributed by atoms with van der Waals surface area (Å²) in [5.41, 5.74) is 7.62. The molecular formula is C11H11BrN2. The quantitative estimate of drug-likeness (QED) is 0.846. The normalized spacial score (nSPS) is 10.8. The van der Waals surface area contributed by atoms with Crippen LogP contribution < -0.4 is 5.73 Å². The average molecular weight is 251 g/mol. The molecule has 0 aliphatic heterocycles. The van der Waals surface area contributed by atoms with Crippen LogP contribution in [0.4, 0.5) is 0 Å². The first-order valence-corrected chi connectivity index (χ1v) is 5.26. The summed E-state index contributed by atoms with van der Waals surface area (Å²) >= 11 is 3.45. The number of benzene rings is 1. The summed E-state index contributed by atoms with van der Waals surface area (Å²) in [5, 5.41) is 2.33. The maximum Gasteiger partial charge on any atom is 0.0620 e. The number of fused-ring (bicyclic) bond motifs is 1. The molecule has 2 aromatic rings. The zero-order valence-electron chi connectivity index (χ0n) is 7.92. The summed E-state index contributed by atoms with van der Waals surface area (Å²) in [6, 6.07) is 8.22. The predicted molar refractivity (Wildman–Crippen MR) is 62.1 cm³/mol. The fraction of sp³-hybridized carbons (Fsp3) is 0.182. The summed E-state index contributed by atoms with van der Waals surface area (Å²) < 4.78 is 1.08. The molecule has 0 amide bonds. The number of aryl methyl sites for hydroxylation is 1. The van der Waals surface area contributed by atoms with Crippen LogP contribution in [0, 0.1) is 6.92 Å². The van der Waals surface area contributed by atoms with E-state index >= 15 is 0 Å². The minimum absolute atomic E-state index is 0.486. The molecule has 1 aromatic carbocycles. The van der Waals surface area contributed by atoms with Gasteiger partial charge in [0.2, 0.25) is 0 Å². The van der Waals surface area contributed by atoms with E-state index in [0.717, 1.165) is 21.2 Å². The van der Waals surface area contributed by atoms with Gasteiger partial charge in [-0.05, 0) is 30.5 Å². The lowest BCUT2D eigenvalue weighted by atomic mass is 10.1. The van der Waals surface area contributed by atoms with Crippen molar-refractivity contribution in [1.82, 2.24) is 4.98 Å². The Morgan fingerprint density at radius 3 is 2.86 bits per heavy atom. The standard InChI is InChI=1S/C11H11BrN2/c1-7-4-8-5-9(12)2-3-10(8)11(6-13)14-7/h2-5H,6,13H2,1H3. The van der Waals surface area contributed by atoms with Gasteiger partial charge in [0.15, 0.2) is 0 Å². The molecule has 2 nitrogen and oxygen atoms in total. The maximum absolute atomic E-state index is 5.65. The van der Waals surface area contributed by atoms with Crippen molar-refractivity contribution in [2.45, 2.75) is 13.5 Å². The first-order chi connectivity index (χ1) is 6.70. The molecule has 0 aliphatic rings. The van der Waals surface area contributed by atoms with E-state index in [1.54, 1.807) is 0 Å². The minimum atomic E-state index is 0.486. The Hall–Kier alpha value is -0.930.